The average Bonchev–Trinajstić information content (AvgIpc) is 2.99. The number of esters is 1. The lowest BCUT2D eigenvalue weighted by atomic mass is 9.84. The summed E-state index contributed by atoms with van der Waals surface area (Å²) in [7, 11) is 1.42. The number of hydrogen-bond donors (Lipinski definition) is 0. The number of methoxy groups -OCH3 is 1. The largest absolute Gasteiger partial charge is 0.469 e. The number of aromatic nitrogens is 3. The van der Waals surface area contributed by atoms with Gasteiger partial charge in [-0.05, 0) is 57.4 Å². The predicted octanol–water partition coefficient (Wildman–Crippen LogP) is 5.64. The van der Waals surface area contributed by atoms with Gasteiger partial charge in [0, 0.05) is 23.9 Å². The van der Waals surface area contributed by atoms with Gasteiger partial charge in [0.25, 0.3) is 0 Å². The number of rotatable bonds is 6. The van der Waals surface area contributed by atoms with E-state index in [9.17, 15) is 4.79 Å². The first-order chi connectivity index (χ1) is 13.7. The van der Waals surface area contributed by atoms with Crippen LogP contribution in [0.5, 0.6) is 0 Å². The molecule has 0 aliphatic heterocycles. The Labute approximate surface area is 177 Å². The standard InChI is InChI=1S/C23H28ClN3O2/c1-7-27-17-10-11-18(24)26-20(17)16(13-23(4,5)22(28)29-6)21(27)15-9-8-12-25-19(15)14(2)3/h8-12,14H,7,13H2,1-6H3. The summed E-state index contributed by atoms with van der Waals surface area (Å²) in [5.41, 5.74) is 5.25. The van der Waals surface area contributed by atoms with Crippen LogP contribution in [0.3, 0.4) is 0 Å². The molecular weight excluding hydrogens is 386 g/mol. The van der Waals surface area contributed by atoms with Crippen LogP contribution in [-0.4, -0.2) is 27.6 Å². The summed E-state index contributed by atoms with van der Waals surface area (Å²) >= 11 is 6.26. The van der Waals surface area contributed by atoms with Gasteiger partial charge in [-0.1, -0.05) is 25.4 Å². The number of carbonyl (C=O) groups is 1. The van der Waals surface area contributed by atoms with Crippen LogP contribution in [0.4, 0.5) is 0 Å². The summed E-state index contributed by atoms with van der Waals surface area (Å²) in [6.07, 6.45) is 2.31. The summed E-state index contributed by atoms with van der Waals surface area (Å²) in [6.45, 7) is 10.9. The molecule has 0 saturated carbocycles. The molecule has 0 bridgehead atoms. The molecule has 29 heavy (non-hydrogen) atoms. The zero-order valence-electron chi connectivity index (χ0n) is 17.9. The Balaban J connectivity index is 2.38. The minimum Gasteiger partial charge on any atom is -0.469 e. The Morgan fingerprint density at radius 3 is 2.62 bits per heavy atom. The molecule has 5 nitrogen and oxygen atoms in total. The van der Waals surface area contributed by atoms with Crippen molar-refractivity contribution in [3.05, 3.63) is 46.9 Å². The quantitative estimate of drug-likeness (QED) is 0.387. The molecule has 0 aromatic carbocycles. The van der Waals surface area contributed by atoms with Crippen molar-refractivity contribution in [2.75, 3.05) is 7.11 Å². The molecule has 0 N–H and O–H groups in total. The van der Waals surface area contributed by atoms with Crippen molar-refractivity contribution in [3.8, 4) is 11.3 Å². The zero-order valence-corrected chi connectivity index (χ0v) is 18.7. The lowest BCUT2D eigenvalue weighted by molar-refractivity contribution is -0.150. The fourth-order valence-electron chi connectivity index (χ4n) is 3.94. The second-order valence-corrected chi connectivity index (χ2v) is 8.60. The van der Waals surface area contributed by atoms with Gasteiger partial charge in [-0.2, -0.15) is 0 Å². The molecule has 3 rings (SSSR count). The van der Waals surface area contributed by atoms with Gasteiger partial charge >= 0.3 is 5.97 Å². The van der Waals surface area contributed by atoms with Gasteiger partial charge in [0.2, 0.25) is 0 Å². The van der Waals surface area contributed by atoms with E-state index >= 15 is 0 Å². The SMILES string of the molecule is CCn1c(-c2cccnc2C(C)C)c(CC(C)(C)C(=O)OC)c2nc(Cl)ccc21. The second-order valence-electron chi connectivity index (χ2n) is 8.22. The molecule has 3 aromatic heterocycles. The molecule has 6 heteroatoms. The Morgan fingerprint density at radius 2 is 2.00 bits per heavy atom. The first-order valence-corrected chi connectivity index (χ1v) is 10.3. The van der Waals surface area contributed by atoms with Gasteiger partial charge in [-0.3, -0.25) is 9.78 Å². The third-order valence-corrected chi connectivity index (χ3v) is 5.50. The number of nitrogens with zero attached hydrogens (tertiary/aromatic N) is 3. The topological polar surface area (TPSA) is 57.0 Å². The molecule has 3 aromatic rings. The molecule has 0 spiro atoms. The van der Waals surface area contributed by atoms with E-state index < -0.39 is 5.41 Å². The van der Waals surface area contributed by atoms with Gasteiger partial charge in [0.1, 0.15) is 5.15 Å². The van der Waals surface area contributed by atoms with Crippen LogP contribution in [0.2, 0.25) is 5.15 Å². The average molecular weight is 414 g/mol. The van der Waals surface area contributed by atoms with E-state index in [1.54, 1.807) is 0 Å². The number of aryl methyl sites for hydroxylation is 1. The van der Waals surface area contributed by atoms with Crippen molar-refractivity contribution >= 4 is 28.6 Å². The van der Waals surface area contributed by atoms with Crippen LogP contribution < -0.4 is 0 Å². The molecular formula is C23H28ClN3O2. The van der Waals surface area contributed by atoms with Gasteiger partial charge < -0.3 is 9.30 Å². The molecule has 0 fully saturated rings. The van der Waals surface area contributed by atoms with Crippen LogP contribution in [0.1, 0.15) is 51.8 Å². The van der Waals surface area contributed by atoms with E-state index in [4.69, 9.17) is 16.3 Å². The molecule has 0 unspecified atom stereocenters. The van der Waals surface area contributed by atoms with Crippen molar-refractivity contribution in [2.24, 2.45) is 5.41 Å². The normalized spacial score (nSPS) is 12.0. The zero-order chi connectivity index (χ0) is 21.3. The smallest absolute Gasteiger partial charge is 0.311 e. The number of hydrogen-bond acceptors (Lipinski definition) is 4. The minimum absolute atomic E-state index is 0.252. The summed E-state index contributed by atoms with van der Waals surface area (Å²) in [5.74, 6) is 0.00526. The van der Waals surface area contributed by atoms with E-state index in [0.29, 0.717) is 11.6 Å². The Morgan fingerprint density at radius 1 is 1.28 bits per heavy atom. The van der Waals surface area contributed by atoms with Crippen molar-refractivity contribution < 1.29 is 9.53 Å². The van der Waals surface area contributed by atoms with Crippen LogP contribution >= 0.6 is 11.6 Å². The van der Waals surface area contributed by atoms with E-state index in [1.807, 2.05) is 38.2 Å². The van der Waals surface area contributed by atoms with Gasteiger partial charge in [0.05, 0.1) is 34.9 Å². The maximum atomic E-state index is 12.5. The van der Waals surface area contributed by atoms with Gasteiger partial charge in [0.15, 0.2) is 0 Å². The number of halogens is 1. The van der Waals surface area contributed by atoms with Crippen LogP contribution in [0.25, 0.3) is 22.3 Å². The van der Waals surface area contributed by atoms with Crippen molar-refractivity contribution in [2.45, 2.75) is 53.5 Å². The molecule has 3 heterocycles. The lowest BCUT2D eigenvalue weighted by Crippen LogP contribution is -2.28. The van der Waals surface area contributed by atoms with Gasteiger partial charge in [-0.25, -0.2) is 4.98 Å². The number of ether oxygens (including phenoxy) is 1. The van der Waals surface area contributed by atoms with E-state index in [2.05, 4.69) is 41.4 Å². The van der Waals surface area contributed by atoms with Crippen LogP contribution in [0.15, 0.2) is 30.5 Å². The van der Waals surface area contributed by atoms with Crippen LogP contribution in [-0.2, 0) is 22.5 Å². The Hall–Kier alpha value is -2.40. The van der Waals surface area contributed by atoms with Gasteiger partial charge in [-0.15, -0.1) is 0 Å². The second kappa shape index (κ2) is 8.15. The van der Waals surface area contributed by atoms with Crippen molar-refractivity contribution in [3.63, 3.8) is 0 Å². The lowest BCUT2D eigenvalue weighted by Gasteiger charge is -2.23. The number of pyridine rings is 2. The Bertz CT molecular complexity index is 1050. The van der Waals surface area contributed by atoms with Crippen molar-refractivity contribution in [1.82, 2.24) is 14.5 Å². The van der Waals surface area contributed by atoms with Crippen LogP contribution in [0, 0.1) is 5.41 Å². The Kier molecular flexibility index (Phi) is 5.99. The summed E-state index contributed by atoms with van der Waals surface area (Å²) < 4.78 is 7.30. The summed E-state index contributed by atoms with van der Waals surface area (Å²) in [6, 6.07) is 7.85. The molecule has 0 radical (unpaired) electrons. The molecule has 154 valence electrons. The molecule has 0 aliphatic rings. The highest BCUT2D eigenvalue weighted by molar-refractivity contribution is 6.29. The monoisotopic (exact) mass is 413 g/mol. The molecule has 0 saturated heterocycles. The summed E-state index contributed by atoms with van der Waals surface area (Å²) in [5, 5.41) is 0.435. The highest BCUT2D eigenvalue weighted by Crippen LogP contribution is 2.40. The molecule has 0 aliphatic carbocycles. The first kappa shape index (κ1) is 21.3. The maximum Gasteiger partial charge on any atom is 0.311 e. The fourth-order valence-corrected chi connectivity index (χ4v) is 4.08. The van der Waals surface area contributed by atoms with Crippen molar-refractivity contribution in [1.29, 1.82) is 0 Å². The minimum atomic E-state index is -0.708. The number of fused-ring (bicyclic) bond motifs is 1. The van der Waals surface area contributed by atoms with E-state index in [-0.39, 0.29) is 11.9 Å². The van der Waals surface area contributed by atoms with E-state index in [1.165, 1.54) is 7.11 Å². The first-order valence-electron chi connectivity index (χ1n) is 9.92. The number of carbonyl (C=O) groups excluding carboxylic acids is 1. The molecule has 0 amide bonds. The highest BCUT2D eigenvalue weighted by Gasteiger charge is 2.33. The molecule has 0 atom stereocenters. The third-order valence-electron chi connectivity index (χ3n) is 5.29. The highest BCUT2D eigenvalue weighted by atomic mass is 35.5. The maximum absolute atomic E-state index is 12.5. The van der Waals surface area contributed by atoms with E-state index in [0.717, 1.165) is 40.1 Å². The third kappa shape index (κ3) is 3.88. The fraction of sp³-hybridized carbons (Fsp3) is 0.435. The predicted molar refractivity (Wildman–Crippen MR) is 117 cm³/mol. The summed E-state index contributed by atoms with van der Waals surface area (Å²) in [4.78, 5) is 21.8.